The van der Waals surface area contributed by atoms with Crippen molar-refractivity contribution in [2.75, 3.05) is 39.2 Å². The lowest BCUT2D eigenvalue weighted by Gasteiger charge is -2.31. The molecule has 1 unspecified atom stereocenters. The van der Waals surface area contributed by atoms with Gasteiger partial charge in [-0.1, -0.05) is 19.1 Å². The third-order valence-corrected chi connectivity index (χ3v) is 7.36. The predicted molar refractivity (Wildman–Crippen MR) is 156 cm³/mol. The van der Waals surface area contributed by atoms with E-state index in [0.717, 1.165) is 22.6 Å². The van der Waals surface area contributed by atoms with Crippen molar-refractivity contribution >= 4 is 29.0 Å². The van der Waals surface area contributed by atoms with Gasteiger partial charge in [-0.25, -0.2) is 4.79 Å². The number of ether oxygens (including phenoxy) is 3. The number of methoxy groups -OCH3 is 2. The maximum Gasteiger partial charge on any atom is 0.322 e. The molecule has 1 atom stereocenters. The first kappa shape index (κ1) is 29.8. The van der Waals surface area contributed by atoms with Gasteiger partial charge in [0.05, 0.1) is 27.4 Å². The number of hydrogen-bond donors (Lipinski definition) is 1. The number of thiophene rings is 1. The SMILES string of the molecule is CCOc1ccc(NC(=O)N(CC(=O)N(CCc2ccc(OC)c(OC)c2)Cc2cccs2)C(C)CC)cc1. The highest BCUT2D eigenvalue weighted by Gasteiger charge is 2.25. The van der Waals surface area contributed by atoms with Crippen LogP contribution in [0.25, 0.3) is 0 Å². The minimum Gasteiger partial charge on any atom is -0.494 e. The van der Waals surface area contributed by atoms with Crippen LogP contribution in [0.3, 0.4) is 0 Å². The zero-order chi connectivity index (χ0) is 28.2. The molecule has 0 aliphatic carbocycles. The van der Waals surface area contributed by atoms with Gasteiger partial charge in [0.15, 0.2) is 11.5 Å². The molecule has 210 valence electrons. The number of hydrogen-bond acceptors (Lipinski definition) is 6. The highest BCUT2D eigenvalue weighted by Crippen LogP contribution is 2.28. The number of nitrogens with one attached hydrogen (secondary N) is 1. The molecule has 1 N–H and O–H groups in total. The van der Waals surface area contributed by atoms with Gasteiger partial charge in [0.2, 0.25) is 5.91 Å². The Bertz CT molecular complexity index is 1180. The van der Waals surface area contributed by atoms with E-state index >= 15 is 0 Å². The monoisotopic (exact) mass is 553 g/mol. The van der Waals surface area contributed by atoms with E-state index in [0.29, 0.717) is 43.3 Å². The van der Waals surface area contributed by atoms with Gasteiger partial charge in [0.25, 0.3) is 0 Å². The lowest BCUT2D eigenvalue weighted by atomic mass is 10.1. The van der Waals surface area contributed by atoms with Crippen molar-refractivity contribution in [3.8, 4) is 17.2 Å². The van der Waals surface area contributed by atoms with Crippen molar-refractivity contribution in [1.29, 1.82) is 0 Å². The molecule has 3 rings (SSSR count). The van der Waals surface area contributed by atoms with Crippen LogP contribution in [-0.2, 0) is 17.8 Å². The van der Waals surface area contributed by atoms with E-state index in [4.69, 9.17) is 14.2 Å². The first-order chi connectivity index (χ1) is 18.9. The molecule has 9 heteroatoms. The van der Waals surface area contributed by atoms with E-state index in [1.54, 1.807) is 42.6 Å². The third-order valence-electron chi connectivity index (χ3n) is 6.50. The summed E-state index contributed by atoms with van der Waals surface area (Å²) in [5.41, 5.74) is 1.68. The number of nitrogens with zero attached hydrogens (tertiary/aromatic N) is 2. The summed E-state index contributed by atoms with van der Waals surface area (Å²) in [6.45, 7) is 7.43. The molecule has 1 heterocycles. The molecule has 0 fully saturated rings. The van der Waals surface area contributed by atoms with Crippen molar-refractivity contribution in [3.05, 3.63) is 70.4 Å². The molecular formula is C30H39N3O5S. The summed E-state index contributed by atoms with van der Waals surface area (Å²) in [7, 11) is 3.21. The third kappa shape index (κ3) is 8.64. The minimum absolute atomic E-state index is 0.0187. The van der Waals surface area contributed by atoms with Crippen molar-refractivity contribution in [2.24, 2.45) is 0 Å². The molecule has 0 saturated carbocycles. The van der Waals surface area contributed by atoms with Gasteiger partial charge in [0.1, 0.15) is 12.3 Å². The number of rotatable bonds is 14. The van der Waals surface area contributed by atoms with E-state index in [2.05, 4.69) is 5.32 Å². The maximum absolute atomic E-state index is 13.7. The summed E-state index contributed by atoms with van der Waals surface area (Å²) in [6, 6.07) is 16.6. The van der Waals surface area contributed by atoms with Crippen LogP contribution in [0.2, 0.25) is 0 Å². The lowest BCUT2D eigenvalue weighted by Crippen LogP contribution is -2.48. The Labute approximate surface area is 235 Å². The van der Waals surface area contributed by atoms with E-state index in [-0.39, 0.29) is 24.5 Å². The van der Waals surface area contributed by atoms with Crippen LogP contribution < -0.4 is 19.5 Å². The van der Waals surface area contributed by atoms with Gasteiger partial charge in [0, 0.05) is 23.2 Å². The number of carbonyl (C=O) groups excluding carboxylic acids is 2. The second-order valence-electron chi connectivity index (χ2n) is 9.11. The zero-order valence-corrected chi connectivity index (χ0v) is 24.3. The van der Waals surface area contributed by atoms with E-state index in [1.807, 2.05) is 73.5 Å². The molecule has 8 nitrogen and oxygen atoms in total. The largest absolute Gasteiger partial charge is 0.494 e. The summed E-state index contributed by atoms with van der Waals surface area (Å²) in [6.07, 6.45) is 1.36. The smallest absolute Gasteiger partial charge is 0.322 e. The van der Waals surface area contributed by atoms with E-state index < -0.39 is 0 Å². The molecule has 0 bridgehead atoms. The summed E-state index contributed by atoms with van der Waals surface area (Å²) < 4.78 is 16.3. The molecule has 3 amide bonds. The standard InChI is InChI=1S/C30H39N3O5S/c1-6-22(3)33(30(35)31-24-11-13-25(14-12-24)38-7-2)21-29(34)32(20-26-9-8-18-39-26)17-16-23-10-15-27(36-4)28(19-23)37-5/h8-15,18-19,22H,6-7,16-17,20-21H2,1-5H3,(H,31,35). The molecule has 0 radical (unpaired) electrons. The zero-order valence-electron chi connectivity index (χ0n) is 23.4. The van der Waals surface area contributed by atoms with Gasteiger partial charge in [-0.3, -0.25) is 4.79 Å². The Hall–Kier alpha value is -3.72. The van der Waals surface area contributed by atoms with Crippen LogP contribution in [0.15, 0.2) is 60.0 Å². The Morgan fingerprint density at radius 3 is 2.36 bits per heavy atom. The van der Waals surface area contributed by atoms with Gasteiger partial charge in [-0.15, -0.1) is 11.3 Å². The Morgan fingerprint density at radius 1 is 1.00 bits per heavy atom. The van der Waals surface area contributed by atoms with Gasteiger partial charge in [-0.2, -0.15) is 0 Å². The minimum atomic E-state index is -0.308. The van der Waals surface area contributed by atoms with Crippen molar-refractivity contribution in [2.45, 2.75) is 46.2 Å². The number of amides is 3. The van der Waals surface area contributed by atoms with Crippen molar-refractivity contribution in [3.63, 3.8) is 0 Å². The summed E-state index contributed by atoms with van der Waals surface area (Å²) in [5.74, 6) is 1.95. The number of benzene rings is 2. The molecule has 0 saturated heterocycles. The average Bonchev–Trinajstić information content (AvgIpc) is 3.47. The Balaban J connectivity index is 1.73. The topological polar surface area (TPSA) is 80.3 Å². The normalized spacial score (nSPS) is 11.4. The highest BCUT2D eigenvalue weighted by atomic mass is 32.1. The molecule has 0 aliphatic heterocycles. The molecule has 2 aromatic carbocycles. The number of urea groups is 1. The van der Waals surface area contributed by atoms with Crippen LogP contribution in [0.4, 0.5) is 10.5 Å². The first-order valence-electron chi connectivity index (χ1n) is 13.2. The van der Waals surface area contributed by atoms with Crippen LogP contribution in [0.1, 0.15) is 37.6 Å². The molecule has 1 aromatic heterocycles. The van der Waals surface area contributed by atoms with Crippen LogP contribution >= 0.6 is 11.3 Å². The lowest BCUT2D eigenvalue weighted by molar-refractivity contribution is -0.132. The van der Waals surface area contributed by atoms with Crippen molar-refractivity contribution in [1.82, 2.24) is 9.80 Å². The highest BCUT2D eigenvalue weighted by molar-refractivity contribution is 7.09. The predicted octanol–water partition coefficient (Wildman–Crippen LogP) is 6.07. The van der Waals surface area contributed by atoms with Crippen LogP contribution in [0.5, 0.6) is 17.2 Å². The average molecular weight is 554 g/mol. The molecule has 3 aromatic rings. The molecule has 0 spiro atoms. The number of anilines is 1. The second-order valence-corrected chi connectivity index (χ2v) is 10.1. The fourth-order valence-electron chi connectivity index (χ4n) is 4.07. The maximum atomic E-state index is 13.7. The second kappa shape index (κ2) is 15.0. The van der Waals surface area contributed by atoms with Gasteiger partial charge in [-0.05, 0) is 80.1 Å². The van der Waals surface area contributed by atoms with E-state index in [9.17, 15) is 9.59 Å². The van der Waals surface area contributed by atoms with Gasteiger partial charge < -0.3 is 29.3 Å². The van der Waals surface area contributed by atoms with Crippen molar-refractivity contribution < 1.29 is 23.8 Å². The summed E-state index contributed by atoms with van der Waals surface area (Å²) in [4.78, 5) is 31.5. The van der Waals surface area contributed by atoms with Crippen LogP contribution in [0, 0.1) is 0 Å². The number of carbonyl (C=O) groups is 2. The van der Waals surface area contributed by atoms with E-state index in [1.165, 1.54) is 0 Å². The quantitative estimate of drug-likeness (QED) is 0.262. The van der Waals surface area contributed by atoms with Gasteiger partial charge >= 0.3 is 6.03 Å². The summed E-state index contributed by atoms with van der Waals surface area (Å²) >= 11 is 1.61. The summed E-state index contributed by atoms with van der Waals surface area (Å²) in [5, 5.41) is 4.94. The molecule has 39 heavy (non-hydrogen) atoms. The first-order valence-corrected chi connectivity index (χ1v) is 14.1. The fraction of sp³-hybridized carbons (Fsp3) is 0.400. The van der Waals surface area contributed by atoms with Crippen LogP contribution in [-0.4, -0.2) is 61.7 Å². The fourth-order valence-corrected chi connectivity index (χ4v) is 4.79. The molecule has 0 aliphatic rings. The molecular weight excluding hydrogens is 514 g/mol. The Kier molecular flexibility index (Phi) is 11.5. The Morgan fingerprint density at radius 2 is 1.74 bits per heavy atom.